The molecule has 2 aromatic rings. The monoisotopic (exact) mass is 246 g/mol. The molecule has 4 heteroatoms. The Labute approximate surface area is 105 Å². The normalized spacial score (nSPS) is 10.1. The van der Waals surface area contributed by atoms with Crippen LogP contribution in [0.1, 0.15) is 5.56 Å². The first-order chi connectivity index (χ1) is 8.70. The summed E-state index contributed by atoms with van der Waals surface area (Å²) in [5.41, 5.74) is 8.15. The van der Waals surface area contributed by atoms with Crippen LogP contribution >= 0.6 is 0 Å². The highest BCUT2D eigenvalue weighted by Crippen LogP contribution is 2.20. The second-order valence-electron chi connectivity index (χ2n) is 3.91. The Morgan fingerprint density at radius 1 is 1.22 bits per heavy atom. The second-order valence-corrected chi connectivity index (χ2v) is 3.91. The number of nitrogens with one attached hydrogen (secondary N) is 1. The molecule has 3 N–H and O–H groups in total. The zero-order valence-corrected chi connectivity index (χ0v) is 10.1. The molecule has 0 aliphatic carbocycles. The fourth-order valence-corrected chi connectivity index (χ4v) is 1.68. The molecule has 2 aromatic carbocycles. The van der Waals surface area contributed by atoms with Crippen LogP contribution in [0.15, 0.2) is 42.5 Å². The standard InChI is InChI=1S/C14H15FN2O/c1-18-14-7-6-10(8-11(14)15)9-17-13-5-3-2-4-12(13)16/h2-8,17H,9,16H2,1H3. The summed E-state index contributed by atoms with van der Waals surface area (Å²) in [6, 6.07) is 12.3. The Morgan fingerprint density at radius 3 is 2.67 bits per heavy atom. The van der Waals surface area contributed by atoms with Crippen molar-refractivity contribution < 1.29 is 9.13 Å². The fraction of sp³-hybridized carbons (Fsp3) is 0.143. The highest BCUT2D eigenvalue weighted by molar-refractivity contribution is 5.65. The predicted octanol–water partition coefficient (Wildman–Crippen LogP) is 3.03. The molecule has 0 spiro atoms. The number of methoxy groups -OCH3 is 1. The van der Waals surface area contributed by atoms with Crippen molar-refractivity contribution in [3.05, 3.63) is 53.8 Å². The summed E-state index contributed by atoms with van der Waals surface area (Å²) in [7, 11) is 1.45. The minimum atomic E-state index is -0.363. The number of anilines is 2. The molecule has 18 heavy (non-hydrogen) atoms. The van der Waals surface area contributed by atoms with Gasteiger partial charge in [-0.1, -0.05) is 18.2 Å². The summed E-state index contributed by atoms with van der Waals surface area (Å²) < 4.78 is 18.3. The molecule has 0 aliphatic heterocycles. The van der Waals surface area contributed by atoms with Crippen LogP contribution in [0, 0.1) is 5.82 Å². The number of nitrogens with two attached hydrogens (primary N) is 1. The van der Waals surface area contributed by atoms with Crippen molar-refractivity contribution in [2.45, 2.75) is 6.54 Å². The van der Waals surface area contributed by atoms with Crippen LogP contribution in [0.25, 0.3) is 0 Å². The van der Waals surface area contributed by atoms with Gasteiger partial charge in [-0.3, -0.25) is 0 Å². The number of nitrogen functional groups attached to an aromatic ring is 1. The van der Waals surface area contributed by atoms with E-state index in [1.54, 1.807) is 6.07 Å². The smallest absolute Gasteiger partial charge is 0.165 e. The van der Waals surface area contributed by atoms with Gasteiger partial charge in [0.2, 0.25) is 0 Å². The van der Waals surface area contributed by atoms with Crippen LogP contribution in [-0.4, -0.2) is 7.11 Å². The van der Waals surface area contributed by atoms with Crippen molar-refractivity contribution in [2.24, 2.45) is 0 Å². The lowest BCUT2D eigenvalue weighted by atomic mass is 10.2. The molecular formula is C14H15FN2O. The summed E-state index contributed by atoms with van der Waals surface area (Å²) in [6.07, 6.45) is 0. The van der Waals surface area contributed by atoms with E-state index in [0.29, 0.717) is 12.2 Å². The summed E-state index contributed by atoms with van der Waals surface area (Å²) >= 11 is 0. The van der Waals surface area contributed by atoms with E-state index in [1.165, 1.54) is 13.2 Å². The van der Waals surface area contributed by atoms with Gasteiger partial charge < -0.3 is 15.8 Å². The first-order valence-corrected chi connectivity index (χ1v) is 5.61. The van der Waals surface area contributed by atoms with Crippen molar-refractivity contribution in [1.29, 1.82) is 0 Å². The molecule has 0 heterocycles. The van der Waals surface area contributed by atoms with Gasteiger partial charge in [-0.25, -0.2) is 4.39 Å². The van der Waals surface area contributed by atoms with Gasteiger partial charge in [-0.05, 0) is 29.8 Å². The average Bonchev–Trinajstić information content (AvgIpc) is 2.38. The van der Waals surface area contributed by atoms with Crippen LogP contribution in [0.4, 0.5) is 15.8 Å². The van der Waals surface area contributed by atoms with E-state index in [4.69, 9.17) is 10.5 Å². The van der Waals surface area contributed by atoms with Crippen LogP contribution in [0.5, 0.6) is 5.75 Å². The molecule has 3 nitrogen and oxygen atoms in total. The quantitative estimate of drug-likeness (QED) is 0.815. The average molecular weight is 246 g/mol. The molecular weight excluding hydrogens is 231 g/mol. The molecule has 0 bridgehead atoms. The molecule has 0 saturated carbocycles. The summed E-state index contributed by atoms with van der Waals surface area (Å²) in [6.45, 7) is 0.509. The van der Waals surface area contributed by atoms with Crippen molar-refractivity contribution in [3.63, 3.8) is 0 Å². The summed E-state index contributed by atoms with van der Waals surface area (Å²) in [5, 5.41) is 3.16. The summed E-state index contributed by atoms with van der Waals surface area (Å²) in [4.78, 5) is 0. The maximum atomic E-state index is 13.5. The largest absolute Gasteiger partial charge is 0.494 e. The molecule has 0 aromatic heterocycles. The molecule has 0 amide bonds. The molecule has 2 rings (SSSR count). The highest BCUT2D eigenvalue weighted by Gasteiger charge is 2.03. The number of para-hydroxylation sites is 2. The Morgan fingerprint density at radius 2 is 2.00 bits per heavy atom. The Kier molecular flexibility index (Phi) is 3.67. The minimum absolute atomic E-state index is 0.248. The van der Waals surface area contributed by atoms with Gasteiger partial charge in [0.1, 0.15) is 0 Å². The van der Waals surface area contributed by atoms with E-state index in [2.05, 4.69) is 5.32 Å². The van der Waals surface area contributed by atoms with Crippen LogP contribution in [0.2, 0.25) is 0 Å². The van der Waals surface area contributed by atoms with Gasteiger partial charge in [0, 0.05) is 6.54 Å². The van der Waals surface area contributed by atoms with E-state index in [1.807, 2.05) is 30.3 Å². The minimum Gasteiger partial charge on any atom is -0.494 e. The Hall–Kier alpha value is -2.23. The lowest BCUT2D eigenvalue weighted by molar-refractivity contribution is 0.386. The topological polar surface area (TPSA) is 47.3 Å². The molecule has 94 valence electrons. The first-order valence-electron chi connectivity index (χ1n) is 5.61. The number of rotatable bonds is 4. The van der Waals surface area contributed by atoms with Gasteiger partial charge in [-0.15, -0.1) is 0 Å². The maximum Gasteiger partial charge on any atom is 0.165 e. The van der Waals surface area contributed by atoms with Crippen LogP contribution < -0.4 is 15.8 Å². The van der Waals surface area contributed by atoms with Crippen molar-refractivity contribution in [3.8, 4) is 5.75 Å². The Bertz CT molecular complexity index is 543. The van der Waals surface area contributed by atoms with E-state index < -0.39 is 0 Å². The highest BCUT2D eigenvalue weighted by atomic mass is 19.1. The third-order valence-electron chi connectivity index (χ3n) is 2.66. The molecule has 0 unspecified atom stereocenters. The maximum absolute atomic E-state index is 13.5. The lowest BCUT2D eigenvalue weighted by Crippen LogP contribution is -2.02. The predicted molar refractivity (Wildman–Crippen MR) is 71.1 cm³/mol. The van der Waals surface area contributed by atoms with Crippen molar-refractivity contribution >= 4 is 11.4 Å². The molecule has 0 saturated heterocycles. The van der Waals surface area contributed by atoms with Gasteiger partial charge in [0.25, 0.3) is 0 Å². The van der Waals surface area contributed by atoms with Crippen molar-refractivity contribution in [1.82, 2.24) is 0 Å². The van der Waals surface area contributed by atoms with Gasteiger partial charge in [-0.2, -0.15) is 0 Å². The van der Waals surface area contributed by atoms with Crippen LogP contribution in [-0.2, 0) is 6.54 Å². The molecule has 0 aliphatic rings. The zero-order valence-electron chi connectivity index (χ0n) is 10.1. The summed E-state index contributed by atoms with van der Waals surface area (Å²) in [5.74, 6) is -0.115. The van der Waals surface area contributed by atoms with E-state index in [-0.39, 0.29) is 11.6 Å². The van der Waals surface area contributed by atoms with Gasteiger partial charge in [0.15, 0.2) is 11.6 Å². The SMILES string of the molecule is COc1ccc(CNc2ccccc2N)cc1F. The Balaban J connectivity index is 2.07. The van der Waals surface area contributed by atoms with E-state index in [0.717, 1.165) is 11.3 Å². The van der Waals surface area contributed by atoms with E-state index >= 15 is 0 Å². The number of benzene rings is 2. The number of ether oxygens (including phenoxy) is 1. The van der Waals surface area contributed by atoms with Gasteiger partial charge in [0.05, 0.1) is 18.5 Å². The lowest BCUT2D eigenvalue weighted by Gasteiger charge is -2.10. The first kappa shape index (κ1) is 12.2. The second kappa shape index (κ2) is 5.40. The van der Waals surface area contributed by atoms with Crippen LogP contribution in [0.3, 0.4) is 0 Å². The van der Waals surface area contributed by atoms with E-state index in [9.17, 15) is 4.39 Å². The molecule has 0 radical (unpaired) electrons. The molecule has 0 fully saturated rings. The zero-order chi connectivity index (χ0) is 13.0. The molecule has 0 atom stereocenters. The number of hydrogen-bond donors (Lipinski definition) is 2. The van der Waals surface area contributed by atoms with Crippen molar-refractivity contribution in [2.75, 3.05) is 18.2 Å². The third kappa shape index (κ3) is 2.71. The number of hydrogen-bond acceptors (Lipinski definition) is 3. The third-order valence-corrected chi connectivity index (χ3v) is 2.66. The number of halogens is 1. The fourth-order valence-electron chi connectivity index (χ4n) is 1.68. The van der Waals surface area contributed by atoms with Gasteiger partial charge >= 0.3 is 0 Å².